The fraction of sp³-hybridized carbons (Fsp3) is 0.333. The highest BCUT2D eigenvalue weighted by atomic mass is 127. The highest BCUT2D eigenvalue weighted by Gasteiger charge is 2.37. The number of rotatable bonds is 3. The Labute approximate surface area is 165 Å². The van der Waals surface area contributed by atoms with Crippen molar-refractivity contribution in [3.05, 3.63) is 37.6 Å². The van der Waals surface area contributed by atoms with Gasteiger partial charge in [0.2, 0.25) is 0 Å². The zero-order chi connectivity index (χ0) is 19.6. The van der Waals surface area contributed by atoms with Gasteiger partial charge in [-0.1, -0.05) is 11.6 Å². The molecule has 0 aliphatic carbocycles. The molecule has 0 unspecified atom stereocenters. The molecule has 1 aliphatic rings. The van der Waals surface area contributed by atoms with E-state index in [1.807, 2.05) is 0 Å². The first-order valence-corrected chi connectivity index (χ1v) is 8.38. The van der Waals surface area contributed by atoms with Crippen LogP contribution >= 0.6 is 34.2 Å². The van der Waals surface area contributed by atoms with Crippen LogP contribution in [-0.2, 0) is 30.0 Å². The van der Waals surface area contributed by atoms with E-state index in [1.54, 1.807) is 22.6 Å². The van der Waals surface area contributed by atoms with E-state index in [9.17, 15) is 22.8 Å². The van der Waals surface area contributed by atoms with E-state index in [0.29, 0.717) is 3.57 Å². The average Bonchev–Trinajstić information content (AvgIpc) is 2.58. The SMILES string of the molecule is COC(=O)C1=C(C(=O)OC)N(c2cc(C(F)(F)F)c(Cl)cc2I)COC1. The van der Waals surface area contributed by atoms with Crippen LogP contribution in [0.3, 0.4) is 0 Å². The second-order valence-corrected chi connectivity index (χ2v) is 6.57. The molecule has 1 aromatic carbocycles. The molecule has 11 heteroatoms. The van der Waals surface area contributed by atoms with Gasteiger partial charge < -0.3 is 19.1 Å². The fourth-order valence-electron chi connectivity index (χ4n) is 2.30. The molecule has 0 spiro atoms. The lowest BCUT2D eigenvalue weighted by Crippen LogP contribution is -2.39. The molecular weight excluding hydrogens is 494 g/mol. The van der Waals surface area contributed by atoms with Crippen molar-refractivity contribution in [3.63, 3.8) is 0 Å². The Bertz CT molecular complexity index is 781. The molecule has 1 aliphatic heterocycles. The summed E-state index contributed by atoms with van der Waals surface area (Å²) in [7, 11) is 2.20. The highest BCUT2D eigenvalue weighted by molar-refractivity contribution is 14.1. The zero-order valence-electron chi connectivity index (χ0n) is 13.4. The predicted molar refractivity (Wildman–Crippen MR) is 93.5 cm³/mol. The van der Waals surface area contributed by atoms with Gasteiger partial charge in [-0.2, -0.15) is 13.2 Å². The number of alkyl halides is 3. The molecule has 0 N–H and O–H groups in total. The summed E-state index contributed by atoms with van der Waals surface area (Å²) in [5.41, 5.74) is -1.50. The first-order valence-electron chi connectivity index (χ1n) is 6.93. The molecule has 1 heterocycles. The maximum absolute atomic E-state index is 13.2. The number of anilines is 1. The molecular formula is C15H12ClF3INO5. The normalized spacial score (nSPS) is 15.1. The predicted octanol–water partition coefficient (Wildman–Crippen LogP) is 3.36. The molecule has 0 atom stereocenters. The Morgan fingerprint density at radius 1 is 1.23 bits per heavy atom. The van der Waals surface area contributed by atoms with Crippen LogP contribution in [0.1, 0.15) is 5.56 Å². The van der Waals surface area contributed by atoms with E-state index in [2.05, 4.69) is 9.47 Å². The third-order valence-electron chi connectivity index (χ3n) is 3.47. The zero-order valence-corrected chi connectivity index (χ0v) is 16.4. The second kappa shape index (κ2) is 8.01. The maximum Gasteiger partial charge on any atom is 0.417 e. The van der Waals surface area contributed by atoms with Gasteiger partial charge in [-0.05, 0) is 34.7 Å². The van der Waals surface area contributed by atoms with Crippen molar-refractivity contribution < 1.29 is 37.0 Å². The summed E-state index contributed by atoms with van der Waals surface area (Å²) in [5.74, 6) is -1.76. The Kier molecular flexibility index (Phi) is 6.40. The van der Waals surface area contributed by atoms with E-state index in [1.165, 1.54) is 0 Å². The number of methoxy groups -OCH3 is 2. The number of esters is 2. The second-order valence-electron chi connectivity index (χ2n) is 5.00. The van der Waals surface area contributed by atoms with Gasteiger partial charge in [-0.3, -0.25) is 0 Å². The molecule has 6 nitrogen and oxygen atoms in total. The van der Waals surface area contributed by atoms with Crippen molar-refractivity contribution in [3.8, 4) is 0 Å². The minimum Gasteiger partial charge on any atom is -0.466 e. The van der Waals surface area contributed by atoms with Gasteiger partial charge in [0, 0.05) is 3.57 Å². The van der Waals surface area contributed by atoms with Crippen molar-refractivity contribution >= 4 is 51.8 Å². The average molecular weight is 506 g/mol. The molecule has 0 bridgehead atoms. The Morgan fingerprint density at radius 3 is 2.38 bits per heavy atom. The Hall–Kier alpha value is -1.53. The summed E-state index contributed by atoms with van der Waals surface area (Å²) < 4.78 is 54.4. The van der Waals surface area contributed by atoms with Crippen molar-refractivity contribution in [2.24, 2.45) is 0 Å². The van der Waals surface area contributed by atoms with E-state index in [0.717, 1.165) is 31.3 Å². The van der Waals surface area contributed by atoms with E-state index in [4.69, 9.17) is 16.3 Å². The van der Waals surface area contributed by atoms with Gasteiger partial charge >= 0.3 is 18.1 Å². The van der Waals surface area contributed by atoms with Gasteiger partial charge in [0.05, 0.1) is 42.7 Å². The van der Waals surface area contributed by atoms with E-state index < -0.39 is 28.7 Å². The van der Waals surface area contributed by atoms with Crippen molar-refractivity contribution in [2.75, 3.05) is 32.5 Å². The van der Waals surface area contributed by atoms with Gasteiger partial charge in [0.25, 0.3) is 0 Å². The third-order valence-corrected chi connectivity index (χ3v) is 4.64. The lowest BCUT2D eigenvalue weighted by molar-refractivity contribution is -0.140. The molecule has 0 saturated heterocycles. The van der Waals surface area contributed by atoms with Crippen LogP contribution < -0.4 is 4.90 Å². The van der Waals surface area contributed by atoms with Crippen LogP contribution in [0.15, 0.2) is 23.4 Å². The van der Waals surface area contributed by atoms with Crippen molar-refractivity contribution in [2.45, 2.75) is 6.18 Å². The van der Waals surface area contributed by atoms with Crippen molar-refractivity contribution in [1.82, 2.24) is 0 Å². The first kappa shape index (κ1) is 20.8. The summed E-state index contributed by atoms with van der Waals surface area (Å²) in [5, 5.41) is -0.486. The summed E-state index contributed by atoms with van der Waals surface area (Å²) in [6.07, 6.45) is -4.70. The number of ether oxygens (including phenoxy) is 3. The number of hydrogen-bond acceptors (Lipinski definition) is 6. The highest BCUT2D eigenvalue weighted by Crippen LogP contribution is 2.40. The molecule has 2 rings (SSSR count). The summed E-state index contributed by atoms with van der Waals surface area (Å²) >= 11 is 7.47. The van der Waals surface area contributed by atoms with Crippen LogP contribution in [0, 0.1) is 3.57 Å². The van der Waals surface area contributed by atoms with Gasteiger partial charge in [-0.15, -0.1) is 0 Å². The Balaban J connectivity index is 2.69. The topological polar surface area (TPSA) is 65.1 Å². The van der Waals surface area contributed by atoms with E-state index in [-0.39, 0.29) is 30.3 Å². The molecule has 142 valence electrons. The third kappa shape index (κ3) is 4.07. The van der Waals surface area contributed by atoms with Crippen LogP contribution in [-0.4, -0.2) is 39.5 Å². The van der Waals surface area contributed by atoms with Crippen LogP contribution in [0.25, 0.3) is 0 Å². The van der Waals surface area contributed by atoms with Gasteiger partial charge in [-0.25, -0.2) is 9.59 Å². The minimum atomic E-state index is -4.70. The van der Waals surface area contributed by atoms with Crippen LogP contribution in [0.5, 0.6) is 0 Å². The standard InChI is InChI=1S/C15H12ClF3INO5/c1-24-13(22)7-5-26-6-21(12(7)14(23)25-2)11-3-8(15(17,18)19)9(16)4-10(11)20/h3-4H,5-6H2,1-2H3. The van der Waals surface area contributed by atoms with Crippen LogP contribution in [0.4, 0.5) is 18.9 Å². The number of carbonyl (C=O) groups excluding carboxylic acids is 2. The maximum atomic E-state index is 13.2. The molecule has 26 heavy (non-hydrogen) atoms. The molecule has 0 radical (unpaired) electrons. The lowest BCUT2D eigenvalue weighted by atomic mass is 10.1. The van der Waals surface area contributed by atoms with Crippen LogP contribution in [0.2, 0.25) is 5.02 Å². The number of nitrogens with zero attached hydrogens (tertiary/aromatic N) is 1. The fourth-order valence-corrected chi connectivity index (χ4v) is 3.51. The van der Waals surface area contributed by atoms with Gasteiger partial charge in [0.1, 0.15) is 12.4 Å². The lowest BCUT2D eigenvalue weighted by Gasteiger charge is -2.32. The summed E-state index contributed by atoms with van der Waals surface area (Å²) in [6.45, 7) is -0.510. The number of benzene rings is 1. The molecule has 1 aromatic rings. The summed E-state index contributed by atoms with van der Waals surface area (Å²) in [6, 6.07) is 1.90. The van der Waals surface area contributed by atoms with Gasteiger partial charge in [0.15, 0.2) is 0 Å². The van der Waals surface area contributed by atoms with E-state index >= 15 is 0 Å². The smallest absolute Gasteiger partial charge is 0.417 e. The first-order chi connectivity index (χ1) is 12.1. The Morgan fingerprint density at radius 2 is 1.85 bits per heavy atom. The monoisotopic (exact) mass is 505 g/mol. The number of hydrogen-bond donors (Lipinski definition) is 0. The molecule has 0 fully saturated rings. The molecule has 0 aromatic heterocycles. The minimum absolute atomic E-state index is 0.0103. The summed E-state index contributed by atoms with van der Waals surface area (Å²) in [4.78, 5) is 25.3. The molecule has 0 amide bonds. The van der Waals surface area contributed by atoms with Crippen molar-refractivity contribution in [1.29, 1.82) is 0 Å². The molecule has 0 saturated carbocycles. The number of halogens is 5. The number of carbonyl (C=O) groups is 2. The quantitative estimate of drug-likeness (QED) is 0.464. The largest absolute Gasteiger partial charge is 0.466 e.